The molecule has 0 aliphatic heterocycles. The lowest BCUT2D eigenvalue weighted by Gasteiger charge is -2.34. The average Bonchev–Trinajstić information content (AvgIpc) is 2.34. The fourth-order valence-corrected chi connectivity index (χ4v) is 1.50. The summed E-state index contributed by atoms with van der Waals surface area (Å²) in [7, 11) is 0. The summed E-state index contributed by atoms with van der Waals surface area (Å²) in [6.07, 6.45) is -2.72. The third-order valence-electron chi connectivity index (χ3n) is 3.22. The molecule has 1 amide bonds. The fraction of sp³-hybridized carbons (Fsp3) is 0.833. The van der Waals surface area contributed by atoms with Crippen LogP contribution < -0.4 is 11.1 Å². The first-order valence-corrected chi connectivity index (χ1v) is 6.25. The summed E-state index contributed by atoms with van der Waals surface area (Å²) < 4.78 is 0. The molecule has 0 bridgehead atoms. The molecule has 7 heteroatoms. The summed E-state index contributed by atoms with van der Waals surface area (Å²) in [5.41, 5.74) is 3.64. The van der Waals surface area contributed by atoms with Gasteiger partial charge in [-0.1, -0.05) is 20.8 Å². The van der Waals surface area contributed by atoms with Gasteiger partial charge in [-0.2, -0.15) is 0 Å². The van der Waals surface area contributed by atoms with Gasteiger partial charge in [0.05, 0.1) is 12.1 Å². The molecule has 0 fully saturated rings. The van der Waals surface area contributed by atoms with Crippen molar-refractivity contribution in [2.75, 3.05) is 0 Å². The minimum atomic E-state index is -1.99. The smallest absolute Gasteiger partial charge is 0.331 e. The van der Waals surface area contributed by atoms with Crippen LogP contribution in [0.2, 0.25) is 0 Å². The zero-order valence-corrected chi connectivity index (χ0v) is 11.8. The molecule has 0 aromatic heterocycles. The largest absolute Gasteiger partial charge is 0.479 e. The van der Waals surface area contributed by atoms with Crippen LogP contribution in [0.4, 0.5) is 0 Å². The number of nitrogens with one attached hydrogen (secondary N) is 1. The molecule has 0 rings (SSSR count). The van der Waals surface area contributed by atoms with E-state index in [0.717, 1.165) is 6.92 Å². The van der Waals surface area contributed by atoms with Gasteiger partial charge in [0.2, 0.25) is 5.91 Å². The summed E-state index contributed by atoms with van der Waals surface area (Å²) in [5.74, 6) is -2.29. The van der Waals surface area contributed by atoms with Crippen LogP contribution in [0.15, 0.2) is 0 Å². The summed E-state index contributed by atoms with van der Waals surface area (Å²) in [5, 5.41) is 30.9. The second-order valence-electron chi connectivity index (χ2n) is 5.19. The van der Waals surface area contributed by atoms with Gasteiger partial charge in [0.15, 0.2) is 5.54 Å². The molecule has 4 atom stereocenters. The van der Waals surface area contributed by atoms with Crippen LogP contribution in [-0.4, -0.2) is 51.0 Å². The molecule has 0 saturated carbocycles. The number of carbonyl (C=O) groups excluding carboxylic acids is 1. The Morgan fingerprint density at radius 1 is 1.32 bits per heavy atom. The lowest BCUT2D eigenvalue weighted by molar-refractivity contribution is -0.157. The number of carbonyl (C=O) groups is 2. The maximum absolute atomic E-state index is 11.8. The number of hydrogen-bond donors (Lipinski definition) is 5. The average molecular weight is 276 g/mol. The maximum Gasteiger partial charge on any atom is 0.331 e. The van der Waals surface area contributed by atoms with Crippen molar-refractivity contribution in [1.82, 2.24) is 5.32 Å². The van der Waals surface area contributed by atoms with Gasteiger partial charge in [-0.3, -0.25) is 4.79 Å². The Balaban J connectivity index is 5.12. The molecule has 7 nitrogen and oxygen atoms in total. The first kappa shape index (κ1) is 17.8. The van der Waals surface area contributed by atoms with E-state index in [2.05, 4.69) is 5.32 Å². The Morgan fingerprint density at radius 3 is 2.11 bits per heavy atom. The van der Waals surface area contributed by atoms with Gasteiger partial charge in [-0.05, 0) is 19.3 Å². The molecular weight excluding hydrogens is 252 g/mol. The van der Waals surface area contributed by atoms with E-state index in [1.54, 1.807) is 20.8 Å². The van der Waals surface area contributed by atoms with Crippen LogP contribution in [0.1, 0.15) is 34.1 Å². The molecule has 0 heterocycles. The van der Waals surface area contributed by atoms with Crippen molar-refractivity contribution in [3.8, 4) is 0 Å². The molecule has 3 unspecified atom stereocenters. The maximum atomic E-state index is 11.8. The fourth-order valence-electron chi connectivity index (χ4n) is 1.50. The Kier molecular flexibility index (Phi) is 6.41. The number of aliphatic hydroxyl groups is 2. The van der Waals surface area contributed by atoms with Crippen molar-refractivity contribution < 1.29 is 24.9 Å². The van der Waals surface area contributed by atoms with Crippen LogP contribution in [-0.2, 0) is 9.59 Å². The first-order valence-electron chi connectivity index (χ1n) is 6.25. The molecule has 0 aromatic carbocycles. The normalized spacial score (nSPS) is 19.4. The summed E-state index contributed by atoms with van der Waals surface area (Å²) in [6.45, 7) is 6.18. The van der Waals surface area contributed by atoms with Gasteiger partial charge >= 0.3 is 5.97 Å². The van der Waals surface area contributed by atoms with Crippen molar-refractivity contribution in [3.05, 3.63) is 0 Å². The standard InChI is InChI=1S/C12H24N2O5/c1-5-7(15)9(16)12(4,11(18)19)14-10(17)8(13)6(2)3/h6-9,15-16H,5,13H2,1-4H3,(H,14,17)(H,18,19)/t7?,8-,9?,12?/m0/s1. The van der Waals surface area contributed by atoms with E-state index in [4.69, 9.17) is 5.73 Å². The molecule has 0 spiro atoms. The first-order chi connectivity index (χ1) is 8.57. The topological polar surface area (TPSA) is 133 Å². The summed E-state index contributed by atoms with van der Waals surface area (Å²) in [4.78, 5) is 23.1. The van der Waals surface area contributed by atoms with E-state index >= 15 is 0 Å². The van der Waals surface area contributed by atoms with Crippen LogP contribution in [0.25, 0.3) is 0 Å². The Labute approximate surface area is 112 Å². The molecule has 0 aliphatic carbocycles. The highest BCUT2D eigenvalue weighted by Crippen LogP contribution is 2.17. The van der Waals surface area contributed by atoms with Crippen molar-refractivity contribution >= 4 is 11.9 Å². The third kappa shape index (κ3) is 4.15. The number of amides is 1. The number of carboxylic acids is 1. The third-order valence-corrected chi connectivity index (χ3v) is 3.22. The summed E-state index contributed by atoms with van der Waals surface area (Å²) >= 11 is 0. The second-order valence-corrected chi connectivity index (χ2v) is 5.19. The van der Waals surface area contributed by atoms with Crippen molar-refractivity contribution in [3.63, 3.8) is 0 Å². The second kappa shape index (κ2) is 6.83. The minimum absolute atomic E-state index is 0.163. The van der Waals surface area contributed by atoms with Gasteiger partial charge in [-0.25, -0.2) is 4.79 Å². The van der Waals surface area contributed by atoms with Gasteiger partial charge in [0.1, 0.15) is 6.10 Å². The number of rotatable bonds is 7. The van der Waals surface area contributed by atoms with Gasteiger partial charge in [-0.15, -0.1) is 0 Å². The Morgan fingerprint density at radius 2 is 1.79 bits per heavy atom. The molecular formula is C12H24N2O5. The van der Waals surface area contributed by atoms with E-state index in [-0.39, 0.29) is 12.3 Å². The van der Waals surface area contributed by atoms with Crippen molar-refractivity contribution in [1.29, 1.82) is 0 Å². The van der Waals surface area contributed by atoms with Gasteiger partial charge < -0.3 is 26.4 Å². The van der Waals surface area contributed by atoms with Crippen LogP contribution >= 0.6 is 0 Å². The van der Waals surface area contributed by atoms with E-state index < -0.39 is 35.7 Å². The predicted molar refractivity (Wildman–Crippen MR) is 69.3 cm³/mol. The van der Waals surface area contributed by atoms with E-state index in [1.165, 1.54) is 0 Å². The molecule has 0 radical (unpaired) electrons. The highest BCUT2D eigenvalue weighted by molar-refractivity contribution is 5.89. The lowest BCUT2D eigenvalue weighted by atomic mass is 9.88. The number of carboxylic acid groups (broad SMARTS) is 1. The molecule has 0 aliphatic rings. The quantitative estimate of drug-likeness (QED) is 0.407. The van der Waals surface area contributed by atoms with E-state index in [0.29, 0.717) is 0 Å². The lowest BCUT2D eigenvalue weighted by Crippen LogP contribution is -2.65. The van der Waals surface area contributed by atoms with Crippen LogP contribution in [0, 0.1) is 5.92 Å². The monoisotopic (exact) mass is 276 g/mol. The Bertz CT molecular complexity index is 334. The summed E-state index contributed by atoms with van der Waals surface area (Å²) in [6, 6.07) is -0.885. The zero-order chi connectivity index (χ0) is 15.4. The molecule has 6 N–H and O–H groups in total. The Hall–Kier alpha value is -1.18. The number of aliphatic carboxylic acids is 1. The van der Waals surface area contributed by atoms with Crippen molar-refractivity contribution in [2.45, 2.75) is 57.9 Å². The molecule has 0 saturated heterocycles. The molecule has 112 valence electrons. The minimum Gasteiger partial charge on any atom is -0.479 e. The van der Waals surface area contributed by atoms with E-state index in [1.807, 2.05) is 0 Å². The number of nitrogens with two attached hydrogens (primary N) is 1. The van der Waals surface area contributed by atoms with Crippen LogP contribution in [0.3, 0.4) is 0 Å². The number of hydrogen-bond acceptors (Lipinski definition) is 5. The SMILES string of the molecule is CCC(O)C(O)C(C)(NC(=O)[C@@H](N)C(C)C)C(=O)O. The van der Waals surface area contributed by atoms with Gasteiger partial charge in [0, 0.05) is 0 Å². The number of aliphatic hydroxyl groups excluding tert-OH is 2. The molecule has 0 aromatic rings. The van der Waals surface area contributed by atoms with Crippen LogP contribution in [0.5, 0.6) is 0 Å². The van der Waals surface area contributed by atoms with Crippen molar-refractivity contribution in [2.24, 2.45) is 11.7 Å². The predicted octanol–water partition coefficient (Wildman–Crippen LogP) is -0.939. The highest BCUT2D eigenvalue weighted by Gasteiger charge is 2.45. The van der Waals surface area contributed by atoms with Gasteiger partial charge in [0.25, 0.3) is 0 Å². The van der Waals surface area contributed by atoms with E-state index in [9.17, 15) is 24.9 Å². The molecule has 19 heavy (non-hydrogen) atoms. The highest BCUT2D eigenvalue weighted by atomic mass is 16.4. The zero-order valence-electron chi connectivity index (χ0n) is 11.8.